The van der Waals surface area contributed by atoms with Crippen LogP contribution in [0.4, 0.5) is 0 Å². The summed E-state index contributed by atoms with van der Waals surface area (Å²) in [5.74, 6) is -0.205. The molecule has 3 aromatic rings. The second kappa shape index (κ2) is 6.10. The van der Waals surface area contributed by atoms with Gasteiger partial charge in [-0.05, 0) is 46.6 Å². The summed E-state index contributed by atoms with van der Waals surface area (Å²) in [5, 5.41) is 9.67. The molecule has 0 aliphatic rings. The molecular formula is C15H12BrN3O2S. The Balaban J connectivity index is 1.74. The first-order valence-corrected chi connectivity index (χ1v) is 8.28. The molecule has 0 saturated carbocycles. The maximum absolute atomic E-state index is 10.8. The second-order valence-electron chi connectivity index (χ2n) is 4.76. The van der Waals surface area contributed by atoms with Gasteiger partial charge >= 0.3 is 5.97 Å². The quantitative estimate of drug-likeness (QED) is 0.671. The largest absolute Gasteiger partial charge is 0.478 e. The predicted octanol–water partition coefficient (Wildman–Crippen LogP) is 4.02. The number of carboxylic acids is 1. The summed E-state index contributed by atoms with van der Waals surface area (Å²) in [7, 11) is 0. The Kier molecular flexibility index (Phi) is 4.17. The summed E-state index contributed by atoms with van der Waals surface area (Å²) in [4.78, 5) is 22.9. The summed E-state index contributed by atoms with van der Waals surface area (Å²) in [6.45, 7) is 1.93. The average Bonchev–Trinajstić information content (AvgIpc) is 2.88. The molecule has 3 rings (SSSR count). The summed E-state index contributed by atoms with van der Waals surface area (Å²) < 4.78 is 0.949. The smallest absolute Gasteiger partial charge is 0.335 e. The summed E-state index contributed by atoms with van der Waals surface area (Å²) in [5.41, 5.74) is 3.83. The number of aryl methyl sites for hydroxylation is 1. The first kappa shape index (κ1) is 15.1. The zero-order valence-electron chi connectivity index (χ0n) is 11.6. The number of aromatic amines is 1. The van der Waals surface area contributed by atoms with Crippen LogP contribution in [0.1, 0.15) is 21.6 Å². The minimum atomic E-state index is -0.913. The first-order valence-electron chi connectivity index (χ1n) is 6.51. The molecule has 0 aliphatic carbocycles. The molecular weight excluding hydrogens is 366 g/mol. The Bertz CT molecular complexity index is 807. The molecule has 2 N–H and O–H groups in total. The van der Waals surface area contributed by atoms with E-state index in [1.54, 1.807) is 23.9 Å². The van der Waals surface area contributed by atoms with Gasteiger partial charge in [0.05, 0.1) is 16.8 Å². The van der Waals surface area contributed by atoms with Crippen molar-refractivity contribution in [2.24, 2.45) is 0 Å². The van der Waals surface area contributed by atoms with E-state index < -0.39 is 5.97 Å². The molecule has 0 aliphatic heterocycles. The molecule has 22 heavy (non-hydrogen) atoms. The molecule has 0 saturated heterocycles. The van der Waals surface area contributed by atoms with Gasteiger partial charge in [0.15, 0.2) is 10.8 Å². The van der Waals surface area contributed by atoms with Gasteiger partial charge in [-0.3, -0.25) is 0 Å². The number of benzene rings is 1. The molecule has 0 amide bonds. The minimum Gasteiger partial charge on any atom is -0.478 e. The van der Waals surface area contributed by atoms with E-state index in [4.69, 9.17) is 5.11 Å². The zero-order valence-corrected chi connectivity index (χ0v) is 14.0. The summed E-state index contributed by atoms with van der Waals surface area (Å²) in [6, 6.07) is 8.82. The van der Waals surface area contributed by atoms with E-state index in [2.05, 4.69) is 30.9 Å². The number of nitrogens with one attached hydrogen (secondary N) is 1. The van der Waals surface area contributed by atoms with Crippen LogP contribution in [0.25, 0.3) is 11.2 Å². The highest BCUT2D eigenvalue weighted by molar-refractivity contribution is 9.10. The lowest BCUT2D eigenvalue weighted by molar-refractivity contribution is 0.0697. The van der Waals surface area contributed by atoms with Crippen LogP contribution < -0.4 is 0 Å². The predicted molar refractivity (Wildman–Crippen MR) is 89.3 cm³/mol. The number of nitrogens with zero attached hydrogens (tertiary/aromatic N) is 2. The number of aromatic nitrogens is 3. The number of carboxylic acid groups (broad SMARTS) is 1. The van der Waals surface area contributed by atoms with Gasteiger partial charge in [-0.25, -0.2) is 14.8 Å². The maximum atomic E-state index is 10.8. The third-order valence-corrected chi connectivity index (χ3v) is 4.90. The van der Waals surface area contributed by atoms with E-state index in [1.807, 2.05) is 25.1 Å². The maximum Gasteiger partial charge on any atom is 0.335 e. The van der Waals surface area contributed by atoms with Gasteiger partial charge in [0.1, 0.15) is 0 Å². The topological polar surface area (TPSA) is 78.9 Å². The van der Waals surface area contributed by atoms with Gasteiger partial charge < -0.3 is 10.1 Å². The summed E-state index contributed by atoms with van der Waals surface area (Å²) >= 11 is 5.01. The molecule has 7 heteroatoms. The lowest BCUT2D eigenvalue weighted by atomic mass is 10.1. The van der Waals surface area contributed by atoms with Gasteiger partial charge in [0, 0.05) is 10.2 Å². The van der Waals surface area contributed by atoms with Crippen LogP contribution in [0.3, 0.4) is 0 Å². The second-order valence-corrected chi connectivity index (χ2v) is 6.58. The lowest BCUT2D eigenvalue weighted by Crippen LogP contribution is -1.95. The number of thioether (sulfide) groups is 1. The van der Waals surface area contributed by atoms with Crippen LogP contribution >= 0.6 is 27.7 Å². The Labute approximate surface area is 139 Å². The van der Waals surface area contributed by atoms with E-state index in [1.165, 1.54) is 0 Å². The fraction of sp³-hybridized carbons (Fsp3) is 0.133. The molecule has 1 aromatic carbocycles. The van der Waals surface area contributed by atoms with E-state index in [0.717, 1.165) is 26.4 Å². The van der Waals surface area contributed by atoms with Crippen molar-refractivity contribution < 1.29 is 9.90 Å². The van der Waals surface area contributed by atoms with Crippen LogP contribution in [0.15, 0.2) is 40.0 Å². The molecule has 0 radical (unpaired) electrons. The van der Waals surface area contributed by atoms with Crippen molar-refractivity contribution in [2.75, 3.05) is 0 Å². The average molecular weight is 378 g/mol. The molecule has 2 heterocycles. The Hall–Kier alpha value is -1.86. The number of hydrogen-bond acceptors (Lipinski definition) is 4. The first-order chi connectivity index (χ1) is 10.5. The third kappa shape index (κ3) is 3.15. The number of fused-ring (bicyclic) bond motifs is 1. The third-order valence-electron chi connectivity index (χ3n) is 3.16. The van der Waals surface area contributed by atoms with Crippen molar-refractivity contribution in [3.05, 3.63) is 51.6 Å². The van der Waals surface area contributed by atoms with Gasteiger partial charge in [-0.2, -0.15) is 0 Å². The number of hydrogen-bond donors (Lipinski definition) is 2. The van der Waals surface area contributed by atoms with E-state index in [9.17, 15) is 4.79 Å². The van der Waals surface area contributed by atoms with Crippen LogP contribution in [-0.2, 0) is 5.75 Å². The van der Waals surface area contributed by atoms with Gasteiger partial charge in [-0.1, -0.05) is 23.9 Å². The molecule has 0 atom stereocenters. The van der Waals surface area contributed by atoms with Gasteiger partial charge in [0.25, 0.3) is 0 Å². The number of imidazole rings is 1. The van der Waals surface area contributed by atoms with E-state index >= 15 is 0 Å². The van der Waals surface area contributed by atoms with Crippen molar-refractivity contribution in [2.45, 2.75) is 17.8 Å². The van der Waals surface area contributed by atoms with Crippen LogP contribution in [-0.4, -0.2) is 26.0 Å². The molecule has 0 spiro atoms. The Morgan fingerprint density at radius 1 is 1.32 bits per heavy atom. The van der Waals surface area contributed by atoms with Crippen LogP contribution in [0.2, 0.25) is 0 Å². The molecule has 0 bridgehead atoms. The highest BCUT2D eigenvalue weighted by Gasteiger charge is 2.08. The monoisotopic (exact) mass is 377 g/mol. The van der Waals surface area contributed by atoms with E-state index in [-0.39, 0.29) is 0 Å². The van der Waals surface area contributed by atoms with Crippen molar-refractivity contribution in [3.8, 4) is 0 Å². The molecule has 2 aromatic heterocycles. The normalized spacial score (nSPS) is 11.0. The lowest BCUT2D eigenvalue weighted by Gasteiger charge is -2.00. The van der Waals surface area contributed by atoms with Gasteiger partial charge in [0.2, 0.25) is 0 Å². The number of H-pyrrole nitrogens is 1. The number of pyridine rings is 1. The fourth-order valence-corrected chi connectivity index (χ4v) is 3.09. The number of aromatic carboxylic acids is 1. The SMILES string of the molecule is Cc1nc2nc(SCc3ccc(C(=O)O)cc3)[nH]c2cc1Br. The molecule has 0 unspecified atom stereocenters. The van der Waals surface area contributed by atoms with Gasteiger partial charge in [-0.15, -0.1) is 0 Å². The number of rotatable bonds is 4. The van der Waals surface area contributed by atoms with Crippen molar-refractivity contribution >= 4 is 44.8 Å². The minimum absolute atomic E-state index is 0.294. The van der Waals surface area contributed by atoms with Crippen molar-refractivity contribution in [3.63, 3.8) is 0 Å². The molecule has 112 valence electrons. The summed E-state index contributed by atoms with van der Waals surface area (Å²) in [6.07, 6.45) is 0. The highest BCUT2D eigenvalue weighted by Crippen LogP contribution is 2.25. The number of halogens is 1. The van der Waals surface area contributed by atoms with E-state index in [0.29, 0.717) is 17.0 Å². The highest BCUT2D eigenvalue weighted by atomic mass is 79.9. The molecule has 5 nitrogen and oxygen atoms in total. The Morgan fingerprint density at radius 3 is 2.73 bits per heavy atom. The van der Waals surface area contributed by atoms with Crippen LogP contribution in [0, 0.1) is 6.92 Å². The standard InChI is InChI=1S/C15H12BrN3O2S/c1-8-11(16)6-12-13(17-8)19-15(18-12)22-7-9-2-4-10(5-3-9)14(20)21/h2-6H,7H2,1H3,(H,20,21)(H,17,18,19). The number of carbonyl (C=O) groups is 1. The Morgan fingerprint density at radius 2 is 2.05 bits per heavy atom. The zero-order chi connectivity index (χ0) is 15.7. The fourth-order valence-electron chi connectivity index (χ4n) is 1.95. The van der Waals surface area contributed by atoms with Crippen LogP contribution in [0.5, 0.6) is 0 Å². The van der Waals surface area contributed by atoms with Crippen molar-refractivity contribution in [1.82, 2.24) is 15.0 Å². The molecule has 0 fully saturated rings. The van der Waals surface area contributed by atoms with Crippen molar-refractivity contribution in [1.29, 1.82) is 0 Å².